The summed E-state index contributed by atoms with van der Waals surface area (Å²) in [4.78, 5) is 14.6. The first-order chi connectivity index (χ1) is 11.0. The highest BCUT2D eigenvalue weighted by molar-refractivity contribution is 5.92. The minimum Gasteiger partial charge on any atom is -0.490 e. The van der Waals surface area contributed by atoms with Crippen molar-refractivity contribution in [2.24, 2.45) is 0 Å². The normalized spacial score (nSPS) is 12.6. The summed E-state index contributed by atoms with van der Waals surface area (Å²) >= 11 is 0. The Morgan fingerprint density at radius 1 is 1.39 bits per heavy atom. The van der Waals surface area contributed by atoms with Crippen molar-refractivity contribution in [2.45, 2.75) is 32.4 Å². The Hall–Kier alpha value is -2.05. The van der Waals surface area contributed by atoms with Crippen LogP contribution in [-0.2, 0) is 16.0 Å². The molecule has 1 atom stereocenters. The van der Waals surface area contributed by atoms with E-state index in [1.165, 1.54) is 7.11 Å². The second kappa shape index (κ2) is 7.99. The number of aliphatic hydroxyl groups is 1. The van der Waals surface area contributed by atoms with Gasteiger partial charge < -0.3 is 24.9 Å². The molecule has 1 aromatic heterocycles. The van der Waals surface area contributed by atoms with Crippen LogP contribution in [0, 0.1) is 0 Å². The number of esters is 1. The van der Waals surface area contributed by atoms with Crippen LogP contribution < -0.4 is 10.1 Å². The molecule has 0 radical (unpaired) electrons. The van der Waals surface area contributed by atoms with Crippen molar-refractivity contribution < 1.29 is 19.4 Å². The Morgan fingerprint density at radius 3 is 2.87 bits per heavy atom. The molecule has 2 rings (SSSR count). The Morgan fingerprint density at radius 2 is 2.17 bits per heavy atom. The average Bonchev–Trinajstić information content (AvgIpc) is 2.94. The summed E-state index contributed by atoms with van der Waals surface area (Å²) in [5.41, 5.74) is 1.70. The fraction of sp³-hybridized carbons (Fsp3) is 0.471. The second-order valence-electron chi connectivity index (χ2n) is 5.77. The van der Waals surface area contributed by atoms with Gasteiger partial charge in [-0.2, -0.15) is 0 Å². The Kier molecular flexibility index (Phi) is 6.01. The molecule has 0 amide bonds. The fourth-order valence-corrected chi connectivity index (χ4v) is 2.32. The van der Waals surface area contributed by atoms with Gasteiger partial charge in [0.2, 0.25) is 0 Å². The first kappa shape index (κ1) is 17.3. The molecule has 0 aliphatic heterocycles. The number of hydrogen-bond donors (Lipinski definition) is 3. The molecule has 0 aliphatic carbocycles. The molecule has 0 saturated heterocycles. The number of fused-ring (bicyclic) bond motifs is 1. The van der Waals surface area contributed by atoms with Gasteiger partial charge >= 0.3 is 5.97 Å². The Bertz CT molecular complexity index is 651. The van der Waals surface area contributed by atoms with Crippen LogP contribution in [0.2, 0.25) is 0 Å². The standard InChI is InChI=1S/C17H24N2O4/c1-11(2)18-9-13(20)10-23-15-6-4-5-14-17(15)12(8-19-14)7-16(21)22-3/h4-6,8,11,13,18-20H,7,9-10H2,1-3H3/t13-/m1/s1. The van der Waals surface area contributed by atoms with Crippen molar-refractivity contribution in [3.8, 4) is 5.75 Å². The van der Waals surface area contributed by atoms with E-state index in [-0.39, 0.29) is 19.0 Å². The second-order valence-corrected chi connectivity index (χ2v) is 5.77. The maximum absolute atomic E-state index is 11.5. The predicted molar refractivity (Wildman–Crippen MR) is 88.7 cm³/mol. The number of H-pyrrole nitrogens is 1. The van der Waals surface area contributed by atoms with E-state index >= 15 is 0 Å². The highest BCUT2D eigenvalue weighted by Crippen LogP contribution is 2.29. The summed E-state index contributed by atoms with van der Waals surface area (Å²) in [5.74, 6) is 0.341. The molecule has 0 unspecified atom stereocenters. The van der Waals surface area contributed by atoms with Gasteiger partial charge in [-0.15, -0.1) is 0 Å². The molecule has 0 saturated carbocycles. The van der Waals surface area contributed by atoms with Crippen molar-refractivity contribution in [3.63, 3.8) is 0 Å². The first-order valence-electron chi connectivity index (χ1n) is 7.71. The van der Waals surface area contributed by atoms with E-state index in [2.05, 4.69) is 10.3 Å². The van der Waals surface area contributed by atoms with Crippen molar-refractivity contribution in [2.75, 3.05) is 20.3 Å². The van der Waals surface area contributed by atoms with Gasteiger partial charge in [0.15, 0.2) is 0 Å². The summed E-state index contributed by atoms with van der Waals surface area (Å²) in [5, 5.41) is 14.0. The van der Waals surface area contributed by atoms with E-state index in [4.69, 9.17) is 9.47 Å². The van der Waals surface area contributed by atoms with E-state index in [1.807, 2.05) is 32.0 Å². The molecule has 6 nitrogen and oxygen atoms in total. The number of carbonyl (C=O) groups is 1. The number of ether oxygens (including phenoxy) is 2. The molecule has 0 bridgehead atoms. The van der Waals surface area contributed by atoms with Gasteiger partial charge in [0.1, 0.15) is 18.5 Å². The molecular weight excluding hydrogens is 296 g/mol. The number of hydrogen-bond acceptors (Lipinski definition) is 5. The summed E-state index contributed by atoms with van der Waals surface area (Å²) in [6.07, 6.45) is 1.36. The lowest BCUT2D eigenvalue weighted by Gasteiger charge is -2.15. The predicted octanol–water partition coefficient (Wildman–Crippen LogP) is 1.62. The third kappa shape index (κ3) is 4.71. The number of methoxy groups -OCH3 is 1. The minimum atomic E-state index is -0.601. The smallest absolute Gasteiger partial charge is 0.310 e. The largest absolute Gasteiger partial charge is 0.490 e. The lowest BCUT2D eigenvalue weighted by molar-refractivity contribution is -0.139. The molecule has 2 aromatic rings. The number of aromatic nitrogens is 1. The molecule has 1 aromatic carbocycles. The van der Waals surface area contributed by atoms with Gasteiger partial charge in [0.25, 0.3) is 0 Å². The van der Waals surface area contributed by atoms with Crippen LogP contribution in [0.25, 0.3) is 10.9 Å². The molecule has 3 N–H and O–H groups in total. The molecule has 0 fully saturated rings. The number of nitrogens with one attached hydrogen (secondary N) is 2. The lowest BCUT2D eigenvalue weighted by atomic mass is 10.1. The van der Waals surface area contributed by atoms with Gasteiger partial charge in [0, 0.05) is 29.7 Å². The van der Waals surface area contributed by atoms with Crippen LogP contribution in [0.5, 0.6) is 5.75 Å². The molecule has 126 valence electrons. The third-order valence-electron chi connectivity index (χ3n) is 3.50. The quantitative estimate of drug-likeness (QED) is 0.644. The number of aliphatic hydroxyl groups excluding tert-OH is 1. The minimum absolute atomic E-state index is 0.175. The highest BCUT2D eigenvalue weighted by atomic mass is 16.5. The topological polar surface area (TPSA) is 83.6 Å². The SMILES string of the molecule is COC(=O)Cc1c[nH]c2cccc(OC[C@H](O)CNC(C)C)c12. The zero-order chi connectivity index (χ0) is 16.8. The van der Waals surface area contributed by atoms with Crippen molar-refractivity contribution in [3.05, 3.63) is 30.0 Å². The zero-order valence-corrected chi connectivity index (χ0v) is 13.8. The van der Waals surface area contributed by atoms with Gasteiger partial charge in [-0.1, -0.05) is 19.9 Å². The Labute approximate surface area is 135 Å². The molecule has 0 spiro atoms. The van der Waals surface area contributed by atoms with E-state index < -0.39 is 6.10 Å². The summed E-state index contributed by atoms with van der Waals surface area (Å²) < 4.78 is 10.5. The van der Waals surface area contributed by atoms with Crippen molar-refractivity contribution in [1.82, 2.24) is 10.3 Å². The molecule has 0 aliphatic rings. The summed E-state index contributed by atoms with van der Waals surface area (Å²) in [6, 6.07) is 5.93. The first-order valence-corrected chi connectivity index (χ1v) is 7.71. The number of carbonyl (C=O) groups excluding carboxylic acids is 1. The maximum atomic E-state index is 11.5. The van der Waals surface area contributed by atoms with Crippen LogP contribution in [0.15, 0.2) is 24.4 Å². The highest BCUT2D eigenvalue weighted by Gasteiger charge is 2.14. The lowest BCUT2D eigenvalue weighted by Crippen LogP contribution is -2.35. The van der Waals surface area contributed by atoms with Gasteiger partial charge in [0.05, 0.1) is 13.5 Å². The van der Waals surface area contributed by atoms with Gasteiger partial charge in [-0.3, -0.25) is 4.79 Å². The summed E-state index contributed by atoms with van der Waals surface area (Å²) in [7, 11) is 1.37. The monoisotopic (exact) mass is 320 g/mol. The third-order valence-corrected chi connectivity index (χ3v) is 3.50. The molecule has 6 heteroatoms. The number of rotatable bonds is 8. The zero-order valence-electron chi connectivity index (χ0n) is 13.8. The van der Waals surface area contributed by atoms with Gasteiger partial charge in [-0.25, -0.2) is 0 Å². The van der Waals surface area contributed by atoms with E-state index in [0.29, 0.717) is 18.3 Å². The van der Waals surface area contributed by atoms with Crippen LogP contribution in [0.4, 0.5) is 0 Å². The van der Waals surface area contributed by atoms with Gasteiger partial charge in [-0.05, 0) is 17.7 Å². The van der Waals surface area contributed by atoms with Crippen LogP contribution in [-0.4, -0.2) is 48.5 Å². The van der Waals surface area contributed by atoms with Crippen LogP contribution >= 0.6 is 0 Å². The fourth-order valence-electron chi connectivity index (χ4n) is 2.32. The number of benzene rings is 1. The maximum Gasteiger partial charge on any atom is 0.310 e. The molecule has 1 heterocycles. The van der Waals surface area contributed by atoms with Crippen molar-refractivity contribution in [1.29, 1.82) is 0 Å². The van der Waals surface area contributed by atoms with Crippen LogP contribution in [0.1, 0.15) is 19.4 Å². The molecular formula is C17H24N2O4. The molecule has 23 heavy (non-hydrogen) atoms. The van der Waals surface area contributed by atoms with E-state index in [0.717, 1.165) is 16.5 Å². The van der Waals surface area contributed by atoms with Crippen molar-refractivity contribution >= 4 is 16.9 Å². The van der Waals surface area contributed by atoms with E-state index in [9.17, 15) is 9.90 Å². The van der Waals surface area contributed by atoms with E-state index in [1.54, 1.807) is 6.20 Å². The average molecular weight is 320 g/mol. The number of aromatic amines is 1. The summed E-state index contributed by atoms with van der Waals surface area (Å²) in [6.45, 7) is 4.69. The Balaban J connectivity index is 2.10. The van der Waals surface area contributed by atoms with Crippen LogP contribution in [0.3, 0.4) is 0 Å².